The molecule has 3 nitrogen and oxygen atoms in total. The molecule has 0 amide bonds. The maximum Gasteiger partial charge on any atom is 0.117 e. The Bertz CT molecular complexity index is 543. The van der Waals surface area contributed by atoms with Crippen LogP contribution >= 0.6 is 23.2 Å². The number of benzene rings is 1. The number of halogens is 2. The molecule has 1 atom stereocenters. The summed E-state index contributed by atoms with van der Waals surface area (Å²) < 4.78 is 5.41. The third kappa shape index (κ3) is 3.55. The van der Waals surface area contributed by atoms with Crippen molar-refractivity contribution in [3.8, 4) is 0 Å². The van der Waals surface area contributed by atoms with Crippen LogP contribution in [0.1, 0.15) is 24.3 Å². The fourth-order valence-corrected chi connectivity index (χ4v) is 2.82. The van der Waals surface area contributed by atoms with Crippen LogP contribution in [0, 0.1) is 0 Å². The van der Waals surface area contributed by atoms with Gasteiger partial charge in [0.25, 0.3) is 0 Å². The summed E-state index contributed by atoms with van der Waals surface area (Å²) in [7, 11) is 0. The van der Waals surface area contributed by atoms with Crippen molar-refractivity contribution in [2.45, 2.75) is 19.5 Å². The van der Waals surface area contributed by atoms with Crippen molar-refractivity contribution in [1.82, 2.24) is 4.90 Å². The molecular weight excluding hydrogens is 295 g/mol. The lowest BCUT2D eigenvalue weighted by atomic mass is 10.0. The van der Waals surface area contributed by atoms with Gasteiger partial charge in [0.05, 0.1) is 12.8 Å². The van der Waals surface area contributed by atoms with Gasteiger partial charge in [-0.2, -0.15) is 0 Å². The van der Waals surface area contributed by atoms with Gasteiger partial charge in [-0.15, -0.1) is 0 Å². The normalized spacial score (nSPS) is 12.8. The SMILES string of the molecule is CCN(Cc1ccco1)C(CN)c1ccc(Cl)cc1Cl. The Morgan fingerprint density at radius 1 is 1.30 bits per heavy atom. The minimum Gasteiger partial charge on any atom is -0.468 e. The van der Waals surface area contributed by atoms with Crippen LogP contribution in [0.4, 0.5) is 0 Å². The Kier molecular flexibility index (Phi) is 5.49. The second-order valence-electron chi connectivity index (χ2n) is 4.56. The lowest BCUT2D eigenvalue weighted by molar-refractivity contribution is 0.188. The van der Waals surface area contributed by atoms with Crippen LogP contribution in [-0.4, -0.2) is 18.0 Å². The molecule has 1 heterocycles. The Labute approximate surface area is 129 Å². The number of hydrogen-bond acceptors (Lipinski definition) is 3. The molecule has 2 aromatic rings. The van der Waals surface area contributed by atoms with Gasteiger partial charge >= 0.3 is 0 Å². The smallest absolute Gasteiger partial charge is 0.117 e. The molecule has 0 saturated heterocycles. The van der Waals surface area contributed by atoms with E-state index in [2.05, 4.69) is 11.8 Å². The van der Waals surface area contributed by atoms with Gasteiger partial charge in [0.1, 0.15) is 5.76 Å². The lowest BCUT2D eigenvalue weighted by Gasteiger charge is -2.30. The first kappa shape index (κ1) is 15.4. The first-order valence-electron chi connectivity index (χ1n) is 6.57. The fourth-order valence-electron chi connectivity index (χ4n) is 2.29. The van der Waals surface area contributed by atoms with Crippen molar-refractivity contribution in [3.63, 3.8) is 0 Å². The molecule has 0 radical (unpaired) electrons. The van der Waals surface area contributed by atoms with Gasteiger partial charge in [0, 0.05) is 22.6 Å². The molecular formula is C15H18Cl2N2O. The highest BCUT2D eigenvalue weighted by atomic mass is 35.5. The molecule has 0 aliphatic carbocycles. The van der Waals surface area contributed by atoms with Gasteiger partial charge in [-0.1, -0.05) is 36.2 Å². The maximum absolute atomic E-state index is 6.30. The number of rotatable bonds is 6. The highest BCUT2D eigenvalue weighted by Gasteiger charge is 2.21. The number of nitrogens with zero attached hydrogens (tertiary/aromatic N) is 1. The summed E-state index contributed by atoms with van der Waals surface area (Å²) in [5.74, 6) is 0.912. The van der Waals surface area contributed by atoms with E-state index < -0.39 is 0 Å². The summed E-state index contributed by atoms with van der Waals surface area (Å²) in [6.07, 6.45) is 1.68. The van der Waals surface area contributed by atoms with E-state index in [4.69, 9.17) is 33.4 Å². The number of furan rings is 1. The van der Waals surface area contributed by atoms with E-state index in [0.717, 1.165) is 17.9 Å². The first-order chi connectivity index (χ1) is 9.65. The highest BCUT2D eigenvalue weighted by Crippen LogP contribution is 2.30. The van der Waals surface area contributed by atoms with Crippen molar-refractivity contribution < 1.29 is 4.42 Å². The van der Waals surface area contributed by atoms with E-state index >= 15 is 0 Å². The van der Waals surface area contributed by atoms with E-state index in [1.807, 2.05) is 24.3 Å². The summed E-state index contributed by atoms with van der Waals surface area (Å²) in [4.78, 5) is 2.23. The average Bonchev–Trinajstić information content (AvgIpc) is 2.93. The van der Waals surface area contributed by atoms with E-state index in [-0.39, 0.29) is 6.04 Å². The zero-order valence-corrected chi connectivity index (χ0v) is 12.9. The van der Waals surface area contributed by atoms with Crippen LogP contribution < -0.4 is 5.73 Å². The summed E-state index contributed by atoms with van der Waals surface area (Å²) in [6, 6.07) is 9.41. The Hall–Kier alpha value is -1.000. The Morgan fingerprint density at radius 2 is 2.10 bits per heavy atom. The molecule has 0 aliphatic heterocycles. The van der Waals surface area contributed by atoms with Gasteiger partial charge in [-0.3, -0.25) is 4.90 Å². The third-order valence-corrected chi connectivity index (χ3v) is 3.89. The minimum absolute atomic E-state index is 0.0369. The molecule has 0 fully saturated rings. The zero-order chi connectivity index (χ0) is 14.5. The third-order valence-electron chi connectivity index (χ3n) is 3.33. The second kappa shape index (κ2) is 7.14. The van der Waals surface area contributed by atoms with Crippen LogP contribution in [0.3, 0.4) is 0 Å². The number of likely N-dealkylation sites (N-methyl/N-ethyl adjacent to an activating group) is 1. The van der Waals surface area contributed by atoms with Crippen molar-refractivity contribution in [2.75, 3.05) is 13.1 Å². The average molecular weight is 313 g/mol. The Morgan fingerprint density at radius 3 is 2.65 bits per heavy atom. The number of hydrogen-bond donors (Lipinski definition) is 1. The largest absolute Gasteiger partial charge is 0.468 e. The standard InChI is InChI=1S/C15H18Cl2N2O/c1-2-19(10-12-4-3-7-20-12)15(9-18)13-6-5-11(16)8-14(13)17/h3-8,15H,2,9-10,18H2,1H3. The molecule has 2 rings (SSSR count). The molecule has 0 aliphatic rings. The van der Waals surface area contributed by atoms with Gasteiger partial charge < -0.3 is 10.2 Å². The highest BCUT2D eigenvalue weighted by molar-refractivity contribution is 6.35. The summed E-state index contributed by atoms with van der Waals surface area (Å²) in [6.45, 7) is 4.12. The van der Waals surface area contributed by atoms with E-state index in [0.29, 0.717) is 23.1 Å². The Balaban J connectivity index is 2.24. The molecule has 0 spiro atoms. The van der Waals surface area contributed by atoms with Gasteiger partial charge in [-0.05, 0) is 36.4 Å². The minimum atomic E-state index is 0.0369. The second-order valence-corrected chi connectivity index (χ2v) is 5.40. The van der Waals surface area contributed by atoms with Gasteiger partial charge in [0.15, 0.2) is 0 Å². The van der Waals surface area contributed by atoms with Crippen molar-refractivity contribution in [3.05, 3.63) is 58.0 Å². The summed E-state index contributed by atoms with van der Waals surface area (Å²) in [5.41, 5.74) is 6.95. The zero-order valence-electron chi connectivity index (χ0n) is 11.4. The molecule has 1 aromatic carbocycles. The van der Waals surface area contributed by atoms with Crippen molar-refractivity contribution >= 4 is 23.2 Å². The summed E-state index contributed by atoms with van der Waals surface area (Å²) >= 11 is 12.2. The molecule has 0 bridgehead atoms. The number of nitrogens with two attached hydrogens (primary N) is 1. The predicted molar refractivity (Wildman–Crippen MR) is 83.0 cm³/mol. The van der Waals surface area contributed by atoms with Crippen LogP contribution in [0.2, 0.25) is 10.0 Å². The van der Waals surface area contributed by atoms with E-state index in [1.54, 1.807) is 12.3 Å². The van der Waals surface area contributed by atoms with Gasteiger partial charge in [-0.25, -0.2) is 0 Å². The first-order valence-corrected chi connectivity index (χ1v) is 7.32. The topological polar surface area (TPSA) is 42.4 Å². The van der Waals surface area contributed by atoms with E-state index in [1.165, 1.54) is 0 Å². The van der Waals surface area contributed by atoms with Crippen LogP contribution in [-0.2, 0) is 6.54 Å². The fraction of sp³-hybridized carbons (Fsp3) is 0.333. The predicted octanol–water partition coefficient (Wildman–Crippen LogP) is 4.11. The van der Waals surface area contributed by atoms with Crippen LogP contribution in [0.15, 0.2) is 41.0 Å². The van der Waals surface area contributed by atoms with Gasteiger partial charge in [0.2, 0.25) is 0 Å². The lowest BCUT2D eigenvalue weighted by Crippen LogP contribution is -2.33. The van der Waals surface area contributed by atoms with Crippen LogP contribution in [0.25, 0.3) is 0 Å². The molecule has 20 heavy (non-hydrogen) atoms. The summed E-state index contributed by atoms with van der Waals surface area (Å²) in [5, 5.41) is 1.27. The maximum atomic E-state index is 6.30. The molecule has 108 valence electrons. The van der Waals surface area contributed by atoms with Crippen molar-refractivity contribution in [2.24, 2.45) is 5.73 Å². The molecule has 0 saturated carbocycles. The monoisotopic (exact) mass is 312 g/mol. The van der Waals surface area contributed by atoms with Crippen LogP contribution in [0.5, 0.6) is 0 Å². The molecule has 1 unspecified atom stereocenters. The molecule has 2 N–H and O–H groups in total. The van der Waals surface area contributed by atoms with E-state index in [9.17, 15) is 0 Å². The quantitative estimate of drug-likeness (QED) is 0.873. The van der Waals surface area contributed by atoms with Crippen molar-refractivity contribution in [1.29, 1.82) is 0 Å². The molecule has 1 aromatic heterocycles. The molecule has 5 heteroatoms.